The molecule has 1 N–H and O–H groups in total. The summed E-state index contributed by atoms with van der Waals surface area (Å²) in [4.78, 5) is 2.46. The molecule has 1 aliphatic rings. The molecule has 2 nitrogen and oxygen atoms in total. The smallest absolute Gasteiger partial charge is 0.123 e. The van der Waals surface area contributed by atoms with Gasteiger partial charge in [-0.25, -0.2) is 4.39 Å². The van der Waals surface area contributed by atoms with Gasteiger partial charge in [0.05, 0.1) is 0 Å². The summed E-state index contributed by atoms with van der Waals surface area (Å²) in [6, 6.07) is 14.7. The Morgan fingerprint density at radius 2 is 1.59 bits per heavy atom. The van der Waals surface area contributed by atoms with Crippen molar-refractivity contribution in [3.8, 4) is 5.75 Å². The van der Waals surface area contributed by atoms with Crippen LogP contribution in [0, 0.1) is 5.82 Å². The Morgan fingerprint density at radius 1 is 1.00 bits per heavy atom. The molecule has 0 saturated carbocycles. The molecule has 0 aliphatic carbocycles. The molecule has 0 radical (unpaired) electrons. The summed E-state index contributed by atoms with van der Waals surface area (Å²) in [7, 11) is 0. The third-order valence-corrected chi connectivity index (χ3v) is 4.79. The van der Waals surface area contributed by atoms with Gasteiger partial charge < -0.3 is 5.11 Å². The molecule has 1 heterocycles. The molecule has 3 rings (SSSR count). The van der Waals surface area contributed by atoms with E-state index in [-0.39, 0.29) is 5.82 Å². The molecular weight excluding hydrogens is 277 g/mol. The maximum Gasteiger partial charge on any atom is 0.123 e. The molecule has 1 saturated heterocycles. The number of halogens is 1. The van der Waals surface area contributed by atoms with E-state index < -0.39 is 0 Å². The van der Waals surface area contributed by atoms with E-state index in [9.17, 15) is 9.50 Å². The predicted molar refractivity (Wildman–Crippen MR) is 86.5 cm³/mol. The summed E-state index contributed by atoms with van der Waals surface area (Å²) < 4.78 is 13.0. The topological polar surface area (TPSA) is 23.5 Å². The molecule has 0 bridgehead atoms. The van der Waals surface area contributed by atoms with Crippen LogP contribution < -0.4 is 0 Å². The number of aromatic hydroxyl groups is 1. The van der Waals surface area contributed by atoms with Crippen molar-refractivity contribution < 1.29 is 9.50 Å². The Bertz CT molecular complexity index is 600. The third-order valence-electron chi connectivity index (χ3n) is 4.79. The van der Waals surface area contributed by atoms with Gasteiger partial charge in [0.2, 0.25) is 0 Å². The molecule has 2 aromatic rings. The van der Waals surface area contributed by atoms with Crippen LogP contribution in [0.2, 0.25) is 0 Å². The highest BCUT2D eigenvalue weighted by Gasteiger charge is 2.24. The Hall–Kier alpha value is -1.87. The van der Waals surface area contributed by atoms with E-state index >= 15 is 0 Å². The molecule has 0 amide bonds. The van der Waals surface area contributed by atoms with Gasteiger partial charge in [-0.3, -0.25) is 4.90 Å². The zero-order valence-corrected chi connectivity index (χ0v) is 12.9. The highest BCUT2D eigenvalue weighted by molar-refractivity contribution is 5.28. The minimum atomic E-state index is -0.179. The van der Waals surface area contributed by atoms with Crippen molar-refractivity contribution in [2.24, 2.45) is 0 Å². The Kier molecular flexibility index (Phi) is 4.44. The quantitative estimate of drug-likeness (QED) is 0.903. The standard InChI is InChI=1S/C19H22FNO/c1-14(15-2-6-18(20)7-3-15)21-12-10-17(11-13-21)16-4-8-19(22)9-5-16/h2-9,14,17,22H,10-13H2,1H3. The van der Waals surface area contributed by atoms with Crippen LogP contribution >= 0.6 is 0 Å². The number of likely N-dealkylation sites (tertiary alicyclic amines) is 1. The SMILES string of the molecule is CC(c1ccc(F)cc1)N1CCC(c2ccc(O)cc2)CC1. The number of phenols is 1. The number of piperidine rings is 1. The van der Waals surface area contributed by atoms with Gasteiger partial charge in [0.15, 0.2) is 0 Å². The highest BCUT2D eigenvalue weighted by Crippen LogP contribution is 2.32. The van der Waals surface area contributed by atoms with E-state index in [4.69, 9.17) is 0 Å². The molecule has 3 heteroatoms. The van der Waals surface area contributed by atoms with E-state index in [0.717, 1.165) is 25.9 Å². The molecular formula is C19H22FNO. The molecule has 1 fully saturated rings. The lowest BCUT2D eigenvalue weighted by Gasteiger charge is -2.36. The number of phenolic OH excluding ortho intramolecular Hbond substituents is 1. The van der Waals surface area contributed by atoms with Gasteiger partial charge in [0.1, 0.15) is 11.6 Å². The fraction of sp³-hybridized carbons (Fsp3) is 0.368. The minimum Gasteiger partial charge on any atom is -0.508 e. The number of benzene rings is 2. The number of nitrogens with zero attached hydrogens (tertiary/aromatic N) is 1. The average molecular weight is 299 g/mol. The molecule has 1 unspecified atom stereocenters. The first-order valence-electron chi connectivity index (χ1n) is 7.92. The van der Waals surface area contributed by atoms with Gasteiger partial charge in [0.25, 0.3) is 0 Å². The van der Waals surface area contributed by atoms with Crippen LogP contribution in [0.5, 0.6) is 5.75 Å². The predicted octanol–water partition coefficient (Wildman–Crippen LogP) is 4.47. The molecule has 0 spiro atoms. The van der Waals surface area contributed by atoms with Gasteiger partial charge >= 0.3 is 0 Å². The van der Waals surface area contributed by atoms with Crippen molar-refractivity contribution in [1.29, 1.82) is 0 Å². The summed E-state index contributed by atoms with van der Waals surface area (Å²) in [5.74, 6) is 0.713. The Morgan fingerprint density at radius 3 is 2.18 bits per heavy atom. The fourth-order valence-electron chi connectivity index (χ4n) is 3.32. The second-order valence-corrected chi connectivity index (χ2v) is 6.13. The van der Waals surface area contributed by atoms with E-state index in [1.165, 1.54) is 23.3 Å². The van der Waals surface area contributed by atoms with Crippen LogP contribution in [0.3, 0.4) is 0 Å². The average Bonchev–Trinajstić information content (AvgIpc) is 2.56. The van der Waals surface area contributed by atoms with E-state index in [1.807, 2.05) is 24.3 Å². The largest absolute Gasteiger partial charge is 0.508 e. The second kappa shape index (κ2) is 6.49. The zero-order chi connectivity index (χ0) is 15.5. The van der Waals surface area contributed by atoms with Crippen LogP contribution in [0.1, 0.15) is 42.9 Å². The summed E-state index contributed by atoms with van der Waals surface area (Å²) in [5.41, 5.74) is 2.48. The fourth-order valence-corrected chi connectivity index (χ4v) is 3.32. The normalized spacial score (nSPS) is 18.3. The summed E-state index contributed by atoms with van der Waals surface area (Å²) in [6.45, 7) is 4.28. The van der Waals surface area contributed by atoms with Gasteiger partial charge in [-0.1, -0.05) is 24.3 Å². The maximum atomic E-state index is 13.0. The molecule has 1 aliphatic heterocycles. The van der Waals surface area contributed by atoms with Crippen molar-refractivity contribution in [2.75, 3.05) is 13.1 Å². The van der Waals surface area contributed by atoms with Crippen molar-refractivity contribution in [2.45, 2.75) is 31.7 Å². The lowest BCUT2D eigenvalue weighted by Crippen LogP contribution is -2.35. The Balaban J connectivity index is 1.61. The first kappa shape index (κ1) is 15.0. The van der Waals surface area contributed by atoms with Crippen molar-refractivity contribution >= 4 is 0 Å². The van der Waals surface area contributed by atoms with Crippen molar-refractivity contribution in [3.63, 3.8) is 0 Å². The maximum absolute atomic E-state index is 13.0. The van der Waals surface area contributed by atoms with Crippen molar-refractivity contribution in [3.05, 3.63) is 65.5 Å². The van der Waals surface area contributed by atoms with E-state index in [0.29, 0.717) is 17.7 Å². The van der Waals surface area contributed by atoms with Gasteiger partial charge in [-0.05, 0) is 74.2 Å². The van der Waals surface area contributed by atoms with E-state index in [2.05, 4.69) is 11.8 Å². The lowest BCUT2D eigenvalue weighted by atomic mass is 9.88. The first-order chi connectivity index (χ1) is 10.6. The second-order valence-electron chi connectivity index (χ2n) is 6.13. The number of rotatable bonds is 3. The molecule has 116 valence electrons. The minimum absolute atomic E-state index is 0.179. The van der Waals surface area contributed by atoms with Crippen LogP contribution in [-0.2, 0) is 0 Å². The molecule has 1 atom stereocenters. The van der Waals surface area contributed by atoms with Crippen LogP contribution in [0.4, 0.5) is 4.39 Å². The highest BCUT2D eigenvalue weighted by atomic mass is 19.1. The third kappa shape index (κ3) is 3.30. The van der Waals surface area contributed by atoms with Gasteiger partial charge in [-0.15, -0.1) is 0 Å². The van der Waals surface area contributed by atoms with Crippen LogP contribution in [0.25, 0.3) is 0 Å². The molecule has 22 heavy (non-hydrogen) atoms. The summed E-state index contributed by atoms with van der Waals surface area (Å²) in [6.07, 6.45) is 2.24. The Labute approximate surface area is 131 Å². The first-order valence-corrected chi connectivity index (χ1v) is 7.92. The zero-order valence-electron chi connectivity index (χ0n) is 12.9. The summed E-state index contributed by atoms with van der Waals surface area (Å²) in [5, 5.41) is 9.38. The summed E-state index contributed by atoms with van der Waals surface area (Å²) >= 11 is 0. The molecule has 0 aromatic heterocycles. The van der Waals surface area contributed by atoms with E-state index in [1.54, 1.807) is 12.1 Å². The molecule has 2 aromatic carbocycles. The lowest BCUT2D eigenvalue weighted by molar-refractivity contribution is 0.162. The van der Waals surface area contributed by atoms with Gasteiger partial charge in [-0.2, -0.15) is 0 Å². The van der Waals surface area contributed by atoms with Gasteiger partial charge in [0, 0.05) is 6.04 Å². The monoisotopic (exact) mass is 299 g/mol. The number of hydrogen-bond donors (Lipinski definition) is 1. The van der Waals surface area contributed by atoms with Crippen molar-refractivity contribution in [1.82, 2.24) is 4.90 Å². The number of hydrogen-bond acceptors (Lipinski definition) is 2. The van der Waals surface area contributed by atoms with Crippen LogP contribution in [-0.4, -0.2) is 23.1 Å². The van der Waals surface area contributed by atoms with Crippen LogP contribution in [0.15, 0.2) is 48.5 Å².